The van der Waals surface area contributed by atoms with Crippen molar-refractivity contribution in [1.82, 2.24) is 16.0 Å². The van der Waals surface area contributed by atoms with E-state index in [1.807, 2.05) is 0 Å². The molecule has 0 aromatic rings. The first-order valence-corrected chi connectivity index (χ1v) is 9.71. The van der Waals surface area contributed by atoms with E-state index < -0.39 is 60.6 Å². The van der Waals surface area contributed by atoms with Crippen LogP contribution in [-0.4, -0.2) is 88.2 Å². The second-order valence-electron chi connectivity index (χ2n) is 6.44. The SMILES string of the molecule is CC(O)C(NC(=O)C(N)CS)C(=O)NC(CCCCN)C(=O)NC(CO)C(=O)O. The molecule has 0 fully saturated rings. The molecule has 10 N–H and O–H groups in total. The van der Waals surface area contributed by atoms with E-state index >= 15 is 0 Å². The molecule has 0 saturated heterocycles. The van der Waals surface area contributed by atoms with Crippen LogP contribution < -0.4 is 27.4 Å². The van der Waals surface area contributed by atoms with E-state index in [1.54, 1.807) is 0 Å². The zero-order valence-corrected chi connectivity index (χ0v) is 17.1. The summed E-state index contributed by atoms with van der Waals surface area (Å²) in [5, 5.41) is 34.7. The maximum atomic E-state index is 12.6. The molecule has 168 valence electrons. The van der Waals surface area contributed by atoms with Crippen molar-refractivity contribution >= 4 is 36.3 Å². The van der Waals surface area contributed by atoms with Crippen molar-refractivity contribution in [1.29, 1.82) is 0 Å². The third kappa shape index (κ3) is 9.89. The van der Waals surface area contributed by atoms with Crippen LogP contribution in [0.1, 0.15) is 26.2 Å². The summed E-state index contributed by atoms with van der Waals surface area (Å²) in [5.41, 5.74) is 11.0. The highest BCUT2D eigenvalue weighted by Crippen LogP contribution is 2.04. The molecule has 0 aromatic heterocycles. The lowest BCUT2D eigenvalue weighted by Crippen LogP contribution is -2.60. The number of aliphatic hydroxyl groups is 2. The Morgan fingerprint density at radius 1 is 1.00 bits per heavy atom. The molecule has 12 nitrogen and oxygen atoms in total. The Labute approximate surface area is 174 Å². The predicted octanol–water partition coefficient (Wildman–Crippen LogP) is -3.72. The number of aliphatic carboxylic acids is 1. The summed E-state index contributed by atoms with van der Waals surface area (Å²) in [5.74, 6) is -3.83. The summed E-state index contributed by atoms with van der Waals surface area (Å²) < 4.78 is 0. The first-order valence-electron chi connectivity index (χ1n) is 9.08. The summed E-state index contributed by atoms with van der Waals surface area (Å²) in [7, 11) is 0. The molecule has 13 heteroatoms. The number of hydrogen-bond acceptors (Lipinski definition) is 9. The second kappa shape index (κ2) is 14.1. The molecule has 5 atom stereocenters. The third-order valence-corrected chi connectivity index (χ3v) is 4.37. The average Bonchev–Trinajstić information content (AvgIpc) is 2.67. The van der Waals surface area contributed by atoms with Gasteiger partial charge in [-0.25, -0.2) is 4.79 Å². The minimum absolute atomic E-state index is 0.0157. The standard InChI is InChI=1S/C16H31N5O7S/c1-8(23)12(21-13(24)9(18)7-29)15(26)19-10(4-2-3-5-17)14(25)20-11(6-22)16(27)28/h8-12,22-23,29H,2-7,17-18H2,1H3,(H,19,26)(H,20,25)(H,21,24)(H,27,28). The van der Waals surface area contributed by atoms with Crippen molar-refractivity contribution in [3.05, 3.63) is 0 Å². The number of thiol groups is 1. The van der Waals surface area contributed by atoms with Crippen LogP contribution >= 0.6 is 12.6 Å². The topological polar surface area (TPSA) is 217 Å². The van der Waals surface area contributed by atoms with Gasteiger partial charge in [0.05, 0.1) is 18.8 Å². The summed E-state index contributed by atoms with van der Waals surface area (Å²) >= 11 is 3.89. The lowest BCUT2D eigenvalue weighted by atomic mass is 10.1. The molecule has 0 rings (SSSR count). The molecule has 0 spiro atoms. The van der Waals surface area contributed by atoms with Gasteiger partial charge in [0.25, 0.3) is 0 Å². The molecule has 0 saturated carbocycles. The average molecular weight is 438 g/mol. The van der Waals surface area contributed by atoms with Crippen molar-refractivity contribution < 1.29 is 34.5 Å². The number of unbranched alkanes of at least 4 members (excludes halogenated alkanes) is 1. The van der Waals surface area contributed by atoms with E-state index in [1.165, 1.54) is 6.92 Å². The van der Waals surface area contributed by atoms with Gasteiger partial charge in [0.1, 0.15) is 18.1 Å². The van der Waals surface area contributed by atoms with Crippen LogP contribution in [0.25, 0.3) is 0 Å². The Hall–Kier alpha value is -1.93. The van der Waals surface area contributed by atoms with Crippen molar-refractivity contribution in [2.45, 2.75) is 56.5 Å². The number of amides is 3. The van der Waals surface area contributed by atoms with Crippen molar-refractivity contribution in [2.24, 2.45) is 11.5 Å². The normalized spacial score (nSPS) is 16.1. The van der Waals surface area contributed by atoms with Gasteiger partial charge in [-0.2, -0.15) is 12.6 Å². The third-order valence-electron chi connectivity index (χ3n) is 3.97. The molecule has 0 heterocycles. The molecule has 0 bridgehead atoms. The zero-order chi connectivity index (χ0) is 22.6. The second-order valence-corrected chi connectivity index (χ2v) is 6.81. The molecule has 0 aliphatic heterocycles. The number of nitrogens with two attached hydrogens (primary N) is 2. The maximum Gasteiger partial charge on any atom is 0.328 e. The Kier molecular flexibility index (Phi) is 13.2. The molecular formula is C16H31N5O7S. The van der Waals surface area contributed by atoms with Gasteiger partial charge in [0, 0.05) is 5.75 Å². The Morgan fingerprint density at radius 3 is 2.03 bits per heavy atom. The largest absolute Gasteiger partial charge is 0.480 e. The number of hydrogen-bond donors (Lipinski definition) is 9. The van der Waals surface area contributed by atoms with E-state index in [4.69, 9.17) is 21.7 Å². The van der Waals surface area contributed by atoms with Gasteiger partial charge >= 0.3 is 5.97 Å². The molecule has 29 heavy (non-hydrogen) atoms. The highest BCUT2D eigenvalue weighted by atomic mass is 32.1. The molecule has 5 unspecified atom stereocenters. The zero-order valence-electron chi connectivity index (χ0n) is 16.2. The number of nitrogens with one attached hydrogen (secondary N) is 3. The van der Waals surface area contributed by atoms with Crippen LogP contribution in [0.4, 0.5) is 0 Å². The fourth-order valence-corrected chi connectivity index (χ4v) is 2.40. The molecular weight excluding hydrogens is 406 g/mol. The quantitative estimate of drug-likeness (QED) is 0.0962. The van der Waals surface area contributed by atoms with E-state index in [9.17, 15) is 24.3 Å². The van der Waals surface area contributed by atoms with Crippen molar-refractivity contribution in [3.63, 3.8) is 0 Å². The van der Waals surface area contributed by atoms with E-state index in [-0.39, 0.29) is 12.2 Å². The van der Waals surface area contributed by atoms with Crippen LogP contribution in [0.5, 0.6) is 0 Å². The first-order chi connectivity index (χ1) is 13.6. The van der Waals surface area contributed by atoms with E-state index in [2.05, 4.69) is 28.6 Å². The van der Waals surface area contributed by atoms with Crippen LogP contribution in [-0.2, 0) is 19.2 Å². The van der Waals surface area contributed by atoms with Gasteiger partial charge in [-0.3, -0.25) is 14.4 Å². The predicted molar refractivity (Wildman–Crippen MR) is 107 cm³/mol. The summed E-state index contributed by atoms with van der Waals surface area (Å²) in [4.78, 5) is 47.9. The number of carboxylic acid groups (broad SMARTS) is 1. The fraction of sp³-hybridized carbons (Fsp3) is 0.750. The summed E-state index contributed by atoms with van der Waals surface area (Å²) in [6, 6.07) is -5.11. The molecule has 0 aliphatic rings. The Morgan fingerprint density at radius 2 is 1.59 bits per heavy atom. The number of carbonyl (C=O) groups is 4. The Balaban J connectivity index is 5.29. The lowest BCUT2D eigenvalue weighted by molar-refractivity contribution is -0.143. The number of carbonyl (C=O) groups excluding carboxylic acids is 3. The number of rotatable bonds is 14. The van der Waals surface area contributed by atoms with Crippen molar-refractivity contribution in [2.75, 3.05) is 18.9 Å². The smallest absolute Gasteiger partial charge is 0.328 e. The molecule has 3 amide bonds. The van der Waals surface area contributed by atoms with Gasteiger partial charge in [0.2, 0.25) is 17.7 Å². The van der Waals surface area contributed by atoms with Gasteiger partial charge < -0.3 is 42.7 Å². The molecule has 0 aromatic carbocycles. The number of aliphatic hydroxyl groups excluding tert-OH is 2. The van der Waals surface area contributed by atoms with E-state index in [0.29, 0.717) is 19.4 Å². The highest BCUT2D eigenvalue weighted by Gasteiger charge is 2.31. The molecule has 0 radical (unpaired) electrons. The van der Waals surface area contributed by atoms with Crippen molar-refractivity contribution in [3.8, 4) is 0 Å². The van der Waals surface area contributed by atoms with Crippen LogP contribution in [0.3, 0.4) is 0 Å². The minimum Gasteiger partial charge on any atom is -0.480 e. The maximum absolute atomic E-state index is 12.6. The summed E-state index contributed by atoms with van der Waals surface area (Å²) in [6.45, 7) is 0.787. The van der Waals surface area contributed by atoms with Gasteiger partial charge in [-0.1, -0.05) is 0 Å². The number of carboxylic acids is 1. The fourth-order valence-electron chi connectivity index (χ4n) is 2.23. The molecule has 0 aliphatic carbocycles. The lowest BCUT2D eigenvalue weighted by Gasteiger charge is -2.26. The minimum atomic E-state index is -1.54. The van der Waals surface area contributed by atoms with Gasteiger partial charge in [0.15, 0.2) is 0 Å². The van der Waals surface area contributed by atoms with Crippen LogP contribution in [0.2, 0.25) is 0 Å². The highest BCUT2D eigenvalue weighted by molar-refractivity contribution is 7.80. The van der Waals surface area contributed by atoms with Crippen LogP contribution in [0, 0.1) is 0 Å². The van der Waals surface area contributed by atoms with Gasteiger partial charge in [-0.05, 0) is 32.7 Å². The first kappa shape index (κ1) is 27.1. The Bertz CT molecular complexity index is 564. The monoisotopic (exact) mass is 437 g/mol. The van der Waals surface area contributed by atoms with Gasteiger partial charge in [-0.15, -0.1) is 0 Å². The van der Waals surface area contributed by atoms with E-state index in [0.717, 1.165) is 0 Å². The summed E-state index contributed by atoms with van der Waals surface area (Å²) in [6.07, 6.45) is -0.177. The van der Waals surface area contributed by atoms with Crippen LogP contribution in [0.15, 0.2) is 0 Å².